The first-order chi connectivity index (χ1) is 12.3. The fourth-order valence-electron chi connectivity index (χ4n) is 2.94. The van der Waals surface area contributed by atoms with Crippen LogP contribution in [0.3, 0.4) is 0 Å². The summed E-state index contributed by atoms with van der Waals surface area (Å²) >= 11 is 6.10. The summed E-state index contributed by atoms with van der Waals surface area (Å²) in [5.41, 5.74) is -0.213. The van der Waals surface area contributed by atoms with Crippen LogP contribution in [0.15, 0.2) is 24.3 Å². The minimum Gasteiger partial charge on any atom is -0.317 e. The van der Waals surface area contributed by atoms with Crippen molar-refractivity contribution in [3.8, 4) is 5.69 Å². The first kappa shape index (κ1) is 18.7. The number of carbonyl (C=O) groups is 1. The zero-order chi connectivity index (χ0) is 18.9. The van der Waals surface area contributed by atoms with Crippen LogP contribution >= 0.6 is 11.6 Å². The smallest absolute Gasteiger partial charge is 0.317 e. The molecule has 2 N–H and O–H groups in total. The van der Waals surface area contributed by atoms with Gasteiger partial charge in [0.05, 0.1) is 22.0 Å². The third-order valence-electron chi connectivity index (χ3n) is 4.29. The second-order valence-corrected chi connectivity index (χ2v) is 6.67. The molecule has 26 heavy (non-hydrogen) atoms. The SMILES string of the molecule is Cc1cc(NC(=O)C2CCNCC2)n(-c2cc(C(F)(F)F)ccc2Cl)n1. The van der Waals surface area contributed by atoms with Gasteiger partial charge < -0.3 is 10.6 Å². The van der Waals surface area contributed by atoms with Gasteiger partial charge in [-0.05, 0) is 51.1 Å². The van der Waals surface area contributed by atoms with Crippen molar-refractivity contribution in [3.05, 3.63) is 40.5 Å². The fraction of sp³-hybridized carbons (Fsp3) is 0.412. The van der Waals surface area contributed by atoms with Crippen molar-refractivity contribution in [2.45, 2.75) is 25.9 Å². The highest BCUT2D eigenvalue weighted by Crippen LogP contribution is 2.34. The van der Waals surface area contributed by atoms with E-state index < -0.39 is 11.7 Å². The minimum atomic E-state index is -4.50. The molecule has 0 radical (unpaired) electrons. The molecule has 1 aliphatic heterocycles. The number of aryl methyl sites for hydroxylation is 1. The topological polar surface area (TPSA) is 59.0 Å². The van der Waals surface area contributed by atoms with Crippen LogP contribution in [0, 0.1) is 12.8 Å². The van der Waals surface area contributed by atoms with Gasteiger partial charge in [-0.1, -0.05) is 11.6 Å². The summed E-state index contributed by atoms with van der Waals surface area (Å²) in [6.45, 7) is 3.21. The van der Waals surface area contributed by atoms with Crippen molar-refractivity contribution in [2.24, 2.45) is 5.92 Å². The van der Waals surface area contributed by atoms with Crippen molar-refractivity contribution in [1.29, 1.82) is 0 Å². The van der Waals surface area contributed by atoms with Gasteiger partial charge in [0.1, 0.15) is 5.82 Å². The number of anilines is 1. The highest BCUT2D eigenvalue weighted by atomic mass is 35.5. The molecule has 0 atom stereocenters. The Hall–Kier alpha value is -2.06. The number of amides is 1. The van der Waals surface area contributed by atoms with Crippen LogP contribution in [0.4, 0.5) is 19.0 Å². The number of alkyl halides is 3. The van der Waals surface area contributed by atoms with E-state index in [9.17, 15) is 18.0 Å². The molecule has 1 aromatic carbocycles. The first-order valence-corrected chi connectivity index (χ1v) is 8.59. The Morgan fingerprint density at radius 2 is 2.00 bits per heavy atom. The van der Waals surface area contributed by atoms with Gasteiger partial charge in [0.25, 0.3) is 0 Å². The summed E-state index contributed by atoms with van der Waals surface area (Å²) in [6.07, 6.45) is -3.08. The second-order valence-electron chi connectivity index (χ2n) is 6.26. The molecule has 1 amide bonds. The number of halogens is 4. The van der Waals surface area contributed by atoms with Gasteiger partial charge >= 0.3 is 6.18 Å². The molecule has 9 heteroatoms. The second kappa shape index (κ2) is 7.28. The number of rotatable bonds is 3. The lowest BCUT2D eigenvalue weighted by atomic mass is 9.97. The van der Waals surface area contributed by atoms with Crippen LogP contribution in [-0.2, 0) is 11.0 Å². The molecule has 1 saturated heterocycles. The van der Waals surface area contributed by atoms with Gasteiger partial charge in [0.2, 0.25) is 5.91 Å². The number of piperidine rings is 1. The van der Waals surface area contributed by atoms with Crippen molar-refractivity contribution in [1.82, 2.24) is 15.1 Å². The molecular formula is C17H18ClF3N4O. The van der Waals surface area contributed by atoms with Crippen LogP contribution in [-0.4, -0.2) is 28.8 Å². The Kier molecular flexibility index (Phi) is 5.24. The highest BCUT2D eigenvalue weighted by molar-refractivity contribution is 6.32. The predicted molar refractivity (Wildman–Crippen MR) is 92.5 cm³/mol. The maximum atomic E-state index is 13.0. The van der Waals surface area contributed by atoms with E-state index in [0.717, 1.165) is 25.2 Å². The minimum absolute atomic E-state index is 0.0650. The average molecular weight is 387 g/mol. The van der Waals surface area contributed by atoms with Crippen LogP contribution in [0.1, 0.15) is 24.1 Å². The van der Waals surface area contributed by atoms with Gasteiger partial charge in [0.15, 0.2) is 0 Å². The van der Waals surface area contributed by atoms with Gasteiger partial charge in [-0.15, -0.1) is 0 Å². The molecule has 140 valence electrons. The lowest BCUT2D eigenvalue weighted by Gasteiger charge is -2.22. The largest absolute Gasteiger partial charge is 0.416 e. The van der Waals surface area contributed by atoms with E-state index in [2.05, 4.69) is 15.7 Å². The maximum absolute atomic E-state index is 13.0. The molecule has 0 saturated carbocycles. The standard InChI is InChI=1S/C17H18ClF3N4O/c1-10-8-15(23-16(26)11-4-6-22-7-5-11)25(24-10)14-9-12(17(19,20)21)2-3-13(14)18/h2-3,8-9,11,22H,4-7H2,1H3,(H,23,26). The van der Waals surface area contributed by atoms with Crippen molar-refractivity contribution in [2.75, 3.05) is 18.4 Å². The van der Waals surface area contributed by atoms with E-state index >= 15 is 0 Å². The average Bonchev–Trinajstić information content (AvgIpc) is 2.95. The van der Waals surface area contributed by atoms with E-state index in [1.165, 1.54) is 10.7 Å². The fourth-order valence-corrected chi connectivity index (χ4v) is 3.13. The van der Waals surface area contributed by atoms with E-state index in [1.807, 2.05) is 0 Å². The van der Waals surface area contributed by atoms with Gasteiger partial charge in [0, 0.05) is 12.0 Å². The molecule has 0 bridgehead atoms. The molecule has 1 aromatic heterocycles. The number of carbonyl (C=O) groups excluding carboxylic acids is 1. The molecule has 1 fully saturated rings. The molecule has 2 aromatic rings. The zero-order valence-electron chi connectivity index (χ0n) is 14.0. The molecule has 0 aliphatic carbocycles. The highest BCUT2D eigenvalue weighted by Gasteiger charge is 2.31. The summed E-state index contributed by atoms with van der Waals surface area (Å²) < 4.78 is 40.3. The van der Waals surface area contributed by atoms with Gasteiger partial charge in [-0.25, -0.2) is 4.68 Å². The molecule has 3 rings (SSSR count). The summed E-state index contributed by atoms with van der Waals surface area (Å²) in [5.74, 6) is -0.0140. The monoisotopic (exact) mass is 386 g/mol. The summed E-state index contributed by atoms with van der Waals surface area (Å²) in [6, 6.07) is 4.62. The molecule has 0 spiro atoms. The lowest BCUT2D eigenvalue weighted by molar-refractivity contribution is -0.137. The molecule has 1 aliphatic rings. The van der Waals surface area contributed by atoms with Crippen LogP contribution < -0.4 is 10.6 Å². The van der Waals surface area contributed by atoms with Crippen LogP contribution in [0.5, 0.6) is 0 Å². The van der Waals surface area contributed by atoms with Crippen LogP contribution in [0.2, 0.25) is 5.02 Å². The molecular weight excluding hydrogens is 369 g/mol. The quantitative estimate of drug-likeness (QED) is 0.843. The Morgan fingerprint density at radius 3 is 2.65 bits per heavy atom. The summed E-state index contributed by atoms with van der Waals surface area (Å²) in [5, 5.41) is 10.3. The Labute approximate surface area is 153 Å². The van der Waals surface area contributed by atoms with E-state index in [0.29, 0.717) is 24.4 Å². The normalized spacial score (nSPS) is 15.9. The molecule has 0 unspecified atom stereocenters. The van der Waals surface area contributed by atoms with Crippen LogP contribution in [0.25, 0.3) is 5.69 Å². The van der Waals surface area contributed by atoms with Crippen molar-refractivity contribution < 1.29 is 18.0 Å². The van der Waals surface area contributed by atoms with Crippen molar-refractivity contribution in [3.63, 3.8) is 0 Å². The van der Waals surface area contributed by atoms with E-state index in [4.69, 9.17) is 11.6 Å². The Balaban J connectivity index is 1.93. The van der Waals surface area contributed by atoms with E-state index in [-0.39, 0.29) is 22.5 Å². The first-order valence-electron chi connectivity index (χ1n) is 8.21. The zero-order valence-corrected chi connectivity index (χ0v) is 14.8. The summed E-state index contributed by atoms with van der Waals surface area (Å²) in [7, 11) is 0. The predicted octanol–water partition coefficient (Wildman–Crippen LogP) is 3.79. The van der Waals surface area contributed by atoms with Gasteiger partial charge in [-0.2, -0.15) is 18.3 Å². The molecule has 5 nitrogen and oxygen atoms in total. The summed E-state index contributed by atoms with van der Waals surface area (Å²) in [4.78, 5) is 12.5. The lowest BCUT2D eigenvalue weighted by Crippen LogP contribution is -2.35. The number of nitrogens with zero attached hydrogens (tertiary/aromatic N) is 2. The Bertz CT molecular complexity index is 813. The van der Waals surface area contributed by atoms with Crippen molar-refractivity contribution >= 4 is 23.3 Å². The Morgan fingerprint density at radius 1 is 1.31 bits per heavy atom. The third kappa shape index (κ3) is 4.02. The number of benzene rings is 1. The number of nitrogens with one attached hydrogen (secondary N) is 2. The number of hydrogen-bond acceptors (Lipinski definition) is 3. The van der Waals surface area contributed by atoms with Gasteiger partial charge in [-0.3, -0.25) is 4.79 Å². The number of aromatic nitrogens is 2. The maximum Gasteiger partial charge on any atom is 0.416 e. The van der Waals surface area contributed by atoms with E-state index in [1.54, 1.807) is 13.0 Å². The molecule has 2 heterocycles. The number of hydrogen-bond donors (Lipinski definition) is 2. The third-order valence-corrected chi connectivity index (χ3v) is 4.61.